The third-order valence-electron chi connectivity index (χ3n) is 12.4. The number of quaternary nitrogens is 1. The molecule has 1 atom stereocenters. The molecule has 0 saturated carbocycles. The highest BCUT2D eigenvalue weighted by Gasteiger charge is 2.34. The smallest absolute Gasteiger partial charge is 0.149 e. The summed E-state index contributed by atoms with van der Waals surface area (Å²) < 4.78 is 4.56. The summed E-state index contributed by atoms with van der Waals surface area (Å²) in [7, 11) is 0. The predicted molar refractivity (Wildman–Crippen MR) is 263 cm³/mol. The van der Waals surface area contributed by atoms with Gasteiger partial charge in [-0.1, -0.05) is 109 Å². The van der Waals surface area contributed by atoms with Crippen molar-refractivity contribution in [3.8, 4) is 61.8 Å². The molecule has 2 aromatic heterocycles. The van der Waals surface area contributed by atoms with Crippen molar-refractivity contribution < 1.29 is 4.90 Å². The molecular weight excluding hydrogens is 767 g/mol. The molecular formula is C58H46N5+. The summed E-state index contributed by atoms with van der Waals surface area (Å²) in [4.78, 5) is 11.7. The molecule has 0 saturated heterocycles. The highest BCUT2D eigenvalue weighted by molar-refractivity contribution is 5.93. The molecule has 7 aromatic carbocycles. The maximum Gasteiger partial charge on any atom is 0.149 e. The first-order valence-corrected chi connectivity index (χ1v) is 21.8. The van der Waals surface area contributed by atoms with Crippen molar-refractivity contribution in [3.63, 3.8) is 0 Å². The summed E-state index contributed by atoms with van der Waals surface area (Å²) >= 11 is 0. The molecule has 302 valence electrons. The molecule has 1 aliphatic heterocycles. The van der Waals surface area contributed by atoms with Gasteiger partial charge in [0.1, 0.15) is 28.7 Å². The van der Waals surface area contributed by atoms with E-state index in [1.807, 2.05) is 25.1 Å². The SMILES string of the molecule is C=Cc1c(C=CC)nc(-c2cccc(-c3ccc4c(c3)-c3cc(-c5cccc(-c6nc7ccccc7n6C6=CC=CCC6)c5)ccc3[NH+]4c3ccc(C)cc3)c2)n1-c1ccccc1. The summed E-state index contributed by atoms with van der Waals surface area (Å²) in [5.41, 5.74) is 20.5. The number of benzene rings is 7. The van der Waals surface area contributed by atoms with Gasteiger partial charge in [-0.2, -0.15) is 0 Å². The van der Waals surface area contributed by atoms with Gasteiger partial charge in [0.15, 0.2) is 0 Å². The van der Waals surface area contributed by atoms with Crippen molar-refractivity contribution in [2.45, 2.75) is 26.7 Å². The normalized spacial score (nSPS) is 14.3. The minimum atomic E-state index is 0.877. The van der Waals surface area contributed by atoms with Crippen LogP contribution in [0.2, 0.25) is 0 Å². The van der Waals surface area contributed by atoms with Crippen LogP contribution in [-0.4, -0.2) is 19.1 Å². The van der Waals surface area contributed by atoms with E-state index in [9.17, 15) is 0 Å². The molecule has 1 aliphatic carbocycles. The van der Waals surface area contributed by atoms with Gasteiger partial charge < -0.3 is 0 Å². The molecule has 63 heavy (non-hydrogen) atoms. The molecule has 0 bridgehead atoms. The summed E-state index contributed by atoms with van der Waals surface area (Å²) in [5, 5.41) is 0. The van der Waals surface area contributed by atoms with Crippen molar-refractivity contribution in [2.24, 2.45) is 0 Å². The number of fused-ring (bicyclic) bond motifs is 4. The lowest BCUT2D eigenvalue weighted by Crippen LogP contribution is -2.95. The number of hydrogen-bond acceptors (Lipinski definition) is 2. The van der Waals surface area contributed by atoms with E-state index < -0.39 is 0 Å². The van der Waals surface area contributed by atoms with Gasteiger partial charge in [-0.25, -0.2) is 14.9 Å². The fourth-order valence-electron chi connectivity index (χ4n) is 9.43. The highest BCUT2D eigenvalue weighted by atomic mass is 15.2. The Balaban J connectivity index is 1.03. The van der Waals surface area contributed by atoms with Crippen LogP contribution < -0.4 is 4.90 Å². The van der Waals surface area contributed by atoms with E-state index in [-0.39, 0.29) is 0 Å². The molecule has 1 N–H and O–H groups in total. The Kier molecular flexibility index (Phi) is 9.60. The van der Waals surface area contributed by atoms with Crippen LogP contribution in [0.25, 0.3) is 90.7 Å². The number of aromatic nitrogens is 4. The zero-order valence-corrected chi connectivity index (χ0v) is 35.5. The molecule has 0 fully saturated rings. The molecule has 3 heterocycles. The maximum atomic E-state index is 5.21. The number of nitrogens with one attached hydrogen (secondary N) is 1. The fourth-order valence-corrected chi connectivity index (χ4v) is 9.43. The monoisotopic (exact) mass is 812 g/mol. The lowest BCUT2D eigenvalue weighted by atomic mass is 9.95. The van der Waals surface area contributed by atoms with Gasteiger partial charge >= 0.3 is 0 Å². The molecule has 0 radical (unpaired) electrons. The molecule has 11 rings (SSSR count). The van der Waals surface area contributed by atoms with Gasteiger partial charge in [-0.05, 0) is 128 Å². The lowest BCUT2D eigenvalue weighted by molar-refractivity contribution is -0.677. The highest BCUT2D eigenvalue weighted by Crippen LogP contribution is 2.44. The van der Waals surface area contributed by atoms with Crippen LogP contribution in [0.15, 0.2) is 195 Å². The van der Waals surface area contributed by atoms with Crippen LogP contribution in [0, 0.1) is 6.92 Å². The predicted octanol–water partition coefficient (Wildman–Crippen LogP) is 14.2. The second-order valence-electron chi connectivity index (χ2n) is 16.4. The van der Waals surface area contributed by atoms with Crippen LogP contribution in [0.4, 0.5) is 17.1 Å². The molecule has 5 nitrogen and oxygen atoms in total. The average Bonchev–Trinajstić information content (AvgIpc) is 4.02. The molecule has 1 unspecified atom stereocenters. The number of imidazole rings is 2. The molecule has 5 heteroatoms. The molecule has 0 spiro atoms. The minimum absolute atomic E-state index is 0.877. The average molecular weight is 813 g/mol. The first kappa shape index (κ1) is 38.1. The van der Waals surface area contributed by atoms with Crippen molar-refractivity contribution >= 4 is 45.9 Å². The Morgan fingerprint density at radius 1 is 0.603 bits per heavy atom. The quantitative estimate of drug-likeness (QED) is 0.158. The van der Waals surface area contributed by atoms with Crippen LogP contribution in [-0.2, 0) is 0 Å². The Morgan fingerprint density at radius 2 is 1.22 bits per heavy atom. The topological polar surface area (TPSA) is 40.1 Å². The molecule has 0 amide bonds. The maximum absolute atomic E-state index is 5.21. The van der Waals surface area contributed by atoms with Crippen molar-refractivity contribution in [3.05, 3.63) is 212 Å². The van der Waals surface area contributed by atoms with Crippen LogP contribution in [0.5, 0.6) is 0 Å². The third-order valence-corrected chi connectivity index (χ3v) is 12.4. The Labute approximate surface area is 368 Å². The van der Waals surface area contributed by atoms with Crippen molar-refractivity contribution in [1.29, 1.82) is 0 Å². The van der Waals surface area contributed by atoms with E-state index in [4.69, 9.17) is 9.97 Å². The van der Waals surface area contributed by atoms with Crippen molar-refractivity contribution in [1.82, 2.24) is 19.1 Å². The third kappa shape index (κ3) is 6.71. The first-order valence-electron chi connectivity index (χ1n) is 21.8. The van der Waals surface area contributed by atoms with E-state index in [0.29, 0.717) is 0 Å². The van der Waals surface area contributed by atoms with E-state index in [2.05, 4.69) is 205 Å². The minimum Gasteiger partial charge on any atom is -0.296 e. The van der Waals surface area contributed by atoms with Gasteiger partial charge in [-0.3, -0.25) is 9.13 Å². The van der Waals surface area contributed by atoms with Crippen LogP contribution in [0.1, 0.15) is 36.7 Å². The summed E-state index contributed by atoms with van der Waals surface area (Å²) in [5.74, 6) is 1.85. The second kappa shape index (κ2) is 15.9. The number of aryl methyl sites for hydroxylation is 1. The summed E-state index contributed by atoms with van der Waals surface area (Å²) in [6.07, 6.45) is 14.6. The second-order valence-corrected chi connectivity index (χ2v) is 16.4. The number of para-hydroxylation sites is 3. The number of hydrogen-bond donors (Lipinski definition) is 1. The van der Waals surface area contributed by atoms with E-state index in [1.165, 1.54) is 49.9 Å². The van der Waals surface area contributed by atoms with Crippen LogP contribution in [0.3, 0.4) is 0 Å². The Bertz CT molecular complexity index is 3320. The number of nitrogens with zero attached hydrogens (tertiary/aromatic N) is 4. The number of allylic oxidation sites excluding steroid dienone is 5. The Morgan fingerprint density at radius 3 is 1.86 bits per heavy atom. The van der Waals surface area contributed by atoms with E-state index in [0.717, 1.165) is 80.4 Å². The summed E-state index contributed by atoms with van der Waals surface area (Å²) in [6, 6.07) is 59.5. The first-order chi connectivity index (χ1) is 31.1. The molecule has 9 aromatic rings. The lowest BCUT2D eigenvalue weighted by Gasteiger charge is -2.16. The van der Waals surface area contributed by atoms with Gasteiger partial charge in [-0.15, -0.1) is 0 Å². The number of rotatable bonds is 9. The van der Waals surface area contributed by atoms with E-state index in [1.54, 1.807) is 0 Å². The van der Waals surface area contributed by atoms with Gasteiger partial charge in [0.2, 0.25) is 0 Å². The van der Waals surface area contributed by atoms with Gasteiger partial charge in [0.05, 0.1) is 33.5 Å². The Hall–Kier alpha value is -7.86. The van der Waals surface area contributed by atoms with Crippen LogP contribution >= 0.6 is 0 Å². The van der Waals surface area contributed by atoms with Gasteiger partial charge in [0, 0.05) is 46.8 Å². The standard InChI is InChI=1S/C58H45N5/c1-4-16-51-53(5-2)62(46-21-8-6-9-22-46)57(59-51)44-19-14-17-40(35-44)42-29-33-54-49(37-42)50-38-43(30-34-55(50)61(54)48-31-27-39(3)28-32-48)41-18-15-20-45(36-41)58-60-52-25-12-13-26-56(52)63(58)47-23-10-7-11-24-47/h4-10,12-23,25-38H,2,11,24H2,1,3H3/p+1. The van der Waals surface area contributed by atoms with Gasteiger partial charge in [0.25, 0.3) is 0 Å². The fraction of sp³-hybridized carbons (Fsp3) is 0.0690. The van der Waals surface area contributed by atoms with E-state index >= 15 is 0 Å². The summed E-state index contributed by atoms with van der Waals surface area (Å²) in [6.45, 7) is 8.36. The molecule has 2 aliphatic rings. The zero-order valence-electron chi connectivity index (χ0n) is 35.5. The van der Waals surface area contributed by atoms with Crippen molar-refractivity contribution in [2.75, 3.05) is 0 Å². The zero-order chi connectivity index (χ0) is 42.4. The largest absolute Gasteiger partial charge is 0.296 e.